The van der Waals surface area contributed by atoms with Crippen molar-refractivity contribution in [3.05, 3.63) is 77.1 Å². The Morgan fingerprint density at radius 2 is 1.97 bits per heavy atom. The van der Waals surface area contributed by atoms with Gasteiger partial charge in [0, 0.05) is 42.9 Å². The summed E-state index contributed by atoms with van der Waals surface area (Å²) in [5.41, 5.74) is 4.04. The number of aromatic nitrogens is 2. The van der Waals surface area contributed by atoms with Crippen LogP contribution >= 0.6 is 0 Å². The third-order valence-corrected chi connectivity index (χ3v) is 6.37. The minimum atomic E-state index is 0.111. The summed E-state index contributed by atoms with van der Waals surface area (Å²) in [5.74, 6) is 3.00. The fourth-order valence-electron chi connectivity index (χ4n) is 4.60. The smallest absolute Gasteiger partial charge is 0.253 e. The number of pyridine rings is 2. The van der Waals surface area contributed by atoms with E-state index in [1.165, 1.54) is 0 Å². The maximum absolute atomic E-state index is 13.1. The van der Waals surface area contributed by atoms with Gasteiger partial charge in [0.15, 0.2) is 0 Å². The number of benzene rings is 1. The van der Waals surface area contributed by atoms with Crippen LogP contribution in [0.5, 0.6) is 5.75 Å². The zero-order valence-electron chi connectivity index (χ0n) is 18.5. The third kappa shape index (κ3) is 4.17. The number of nitrogens with one attached hydrogen (secondary N) is 1. The SMILES string of the molecule is Cc1cccnc1Nc1cccc(C2CCN(C(=O)c3ccc4c(c3)C[C@@H](C)O4)CC2)n1. The molecule has 0 unspecified atom stereocenters. The Morgan fingerprint density at radius 1 is 1.12 bits per heavy atom. The number of hydrogen-bond acceptors (Lipinski definition) is 5. The summed E-state index contributed by atoms with van der Waals surface area (Å²) in [4.78, 5) is 24.3. The Labute approximate surface area is 188 Å². The van der Waals surface area contributed by atoms with Gasteiger partial charge in [-0.25, -0.2) is 9.97 Å². The van der Waals surface area contributed by atoms with E-state index in [0.717, 1.165) is 72.1 Å². The van der Waals surface area contributed by atoms with E-state index >= 15 is 0 Å². The molecular formula is C26H28N4O2. The van der Waals surface area contributed by atoms with Crippen molar-refractivity contribution in [1.82, 2.24) is 14.9 Å². The number of amides is 1. The van der Waals surface area contributed by atoms with Crippen molar-refractivity contribution in [3.63, 3.8) is 0 Å². The van der Waals surface area contributed by atoms with Gasteiger partial charge in [0.2, 0.25) is 0 Å². The molecule has 6 heteroatoms. The molecule has 1 fully saturated rings. The van der Waals surface area contributed by atoms with E-state index in [0.29, 0.717) is 5.92 Å². The molecule has 5 rings (SSSR count). The van der Waals surface area contributed by atoms with E-state index in [2.05, 4.69) is 23.3 Å². The van der Waals surface area contributed by atoms with Crippen molar-refractivity contribution in [2.75, 3.05) is 18.4 Å². The normalized spacial score (nSPS) is 18.2. The van der Waals surface area contributed by atoms with E-state index in [4.69, 9.17) is 9.72 Å². The molecule has 1 N–H and O–H groups in total. The number of carbonyl (C=O) groups is 1. The summed E-state index contributed by atoms with van der Waals surface area (Å²) < 4.78 is 5.76. The second-order valence-corrected chi connectivity index (χ2v) is 8.76. The Hall–Kier alpha value is -3.41. The lowest BCUT2D eigenvalue weighted by Gasteiger charge is -2.32. The van der Waals surface area contributed by atoms with Gasteiger partial charge in [0.05, 0.1) is 0 Å². The fraction of sp³-hybridized carbons (Fsp3) is 0.346. The highest BCUT2D eigenvalue weighted by Gasteiger charge is 2.27. The van der Waals surface area contributed by atoms with Crippen molar-refractivity contribution >= 4 is 17.5 Å². The van der Waals surface area contributed by atoms with Crippen molar-refractivity contribution < 1.29 is 9.53 Å². The summed E-state index contributed by atoms with van der Waals surface area (Å²) in [6, 6.07) is 15.9. The second-order valence-electron chi connectivity index (χ2n) is 8.76. The molecule has 2 aromatic heterocycles. The molecule has 0 radical (unpaired) electrons. The summed E-state index contributed by atoms with van der Waals surface area (Å²) in [6.45, 7) is 5.57. The number of aryl methyl sites for hydroxylation is 1. The largest absolute Gasteiger partial charge is 0.490 e. The molecule has 0 aliphatic carbocycles. The molecule has 164 valence electrons. The molecule has 0 saturated carbocycles. The Balaban J connectivity index is 1.23. The molecule has 32 heavy (non-hydrogen) atoms. The first kappa shape index (κ1) is 20.5. The van der Waals surface area contributed by atoms with E-state index in [9.17, 15) is 4.79 Å². The lowest BCUT2D eigenvalue weighted by Crippen LogP contribution is -2.38. The number of fused-ring (bicyclic) bond motifs is 1. The molecule has 3 aromatic rings. The van der Waals surface area contributed by atoms with Crippen LogP contribution in [0.25, 0.3) is 0 Å². The molecule has 2 aliphatic heterocycles. The molecule has 4 heterocycles. The molecule has 1 aromatic carbocycles. The molecule has 1 saturated heterocycles. The fourth-order valence-corrected chi connectivity index (χ4v) is 4.60. The van der Waals surface area contributed by atoms with Gasteiger partial charge in [0.25, 0.3) is 5.91 Å². The number of rotatable bonds is 4. The highest BCUT2D eigenvalue weighted by molar-refractivity contribution is 5.94. The minimum Gasteiger partial charge on any atom is -0.490 e. The van der Waals surface area contributed by atoms with E-state index in [1.54, 1.807) is 6.20 Å². The van der Waals surface area contributed by atoms with Gasteiger partial charge in [-0.1, -0.05) is 12.1 Å². The number of nitrogens with zero attached hydrogens (tertiary/aromatic N) is 3. The van der Waals surface area contributed by atoms with Crippen molar-refractivity contribution in [1.29, 1.82) is 0 Å². The van der Waals surface area contributed by atoms with Crippen LogP contribution in [0.3, 0.4) is 0 Å². The minimum absolute atomic E-state index is 0.111. The van der Waals surface area contributed by atoms with Gasteiger partial charge in [0.1, 0.15) is 23.5 Å². The van der Waals surface area contributed by atoms with Crippen LogP contribution in [0.2, 0.25) is 0 Å². The lowest BCUT2D eigenvalue weighted by atomic mass is 9.92. The highest BCUT2D eigenvalue weighted by atomic mass is 16.5. The summed E-state index contributed by atoms with van der Waals surface area (Å²) in [7, 11) is 0. The maximum atomic E-state index is 13.1. The predicted molar refractivity (Wildman–Crippen MR) is 125 cm³/mol. The van der Waals surface area contributed by atoms with Crippen LogP contribution in [0.4, 0.5) is 11.6 Å². The Bertz CT molecular complexity index is 1140. The molecule has 6 nitrogen and oxygen atoms in total. The monoisotopic (exact) mass is 428 g/mol. The number of ether oxygens (including phenoxy) is 1. The quantitative estimate of drug-likeness (QED) is 0.642. The van der Waals surface area contributed by atoms with E-state index < -0.39 is 0 Å². The van der Waals surface area contributed by atoms with Crippen LogP contribution in [0.1, 0.15) is 52.9 Å². The zero-order chi connectivity index (χ0) is 22.1. The second kappa shape index (κ2) is 8.61. The van der Waals surface area contributed by atoms with Gasteiger partial charge in [-0.15, -0.1) is 0 Å². The summed E-state index contributed by atoms with van der Waals surface area (Å²) in [5, 5.41) is 3.33. The van der Waals surface area contributed by atoms with Gasteiger partial charge in [-0.3, -0.25) is 4.79 Å². The number of likely N-dealkylation sites (tertiary alicyclic amines) is 1. The molecule has 1 atom stereocenters. The standard InChI is InChI=1S/C26H28N4O2/c1-17-5-4-12-27-25(17)29-24-7-3-6-22(28-24)19-10-13-30(14-11-19)26(31)20-8-9-23-21(16-20)15-18(2)32-23/h3-9,12,16,18-19H,10-11,13-15H2,1-2H3,(H,27,28,29)/t18-/m1/s1. The Morgan fingerprint density at radius 3 is 2.78 bits per heavy atom. The zero-order valence-corrected chi connectivity index (χ0v) is 18.5. The van der Waals surface area contributed by atoms with E-state index in [-0.39, 0.29) is 12.0 Å². The van der Waals surface area contributed by atoms with Crippen LogP contribution in [-0.4, -0.2) is 40.0 Å². The van der Waals surface area contributed by atoms with Gasteiger partial charge < -0.3 is 15.0 Å². The van der Waals surface area contributed by atoms with Crippen molar-refractivity contribution in [2.24, 2.45) is 0 Å². The van der Waals surface area contributed by atoms with Crippen molar-refractivity contribution in [2.45, 2.75) is 45.1 Å². The number of piperidine rings is 1. The maximum Gasteiger partial charge on any atom is 0.253 e. The molecular weight excluding hydrogens is 400 g/mol. The number of hydrogen-bond donors (Lipinski definition) is 1. The highest BCUT2D eigenvalue weighted by Crippen LogP contribution is 2.32. The van der Waals surface area contributed by atoms with Gasteiger partial charge >= 0.3 is 0 Å². The lowest BCUT2D eigenvalue weighted by molar-refractivity contribution is 0.0712. The average molecular weight is 429 g/mol. The Kier molecular flexibility index (Phi) is 5.52. The van der Waals surface area contributed by atoms with Crippen LogP contribution in [0.15, 0.2) is 54.7 Å². The molecule has 2 aliphatic rings. The molecule has 1 amide bonds. The topological polar surface area (TPSA) is 67.4 Å². The third-order valence-electron chi connectivity index (χ3n) is 6.37. The first-order chi connectivity index (χ1) is 15.6. The molecule has 0 spiro atoms. The predicted octanol–water partition coefficient (Wildman–Crippen LogP) is 4.87. The van der Waals surface area contributed by atoms with Crippen LogP contribution in [-0.2, 0) is 6.42 Å². The van der Waals surface area contributed by atoms with Crippen molar-refractivity contribution in [3.8, 4) is 5.75 Å². The first-order valence-electron chi connectivity index (χ1n) is 11.3. The van der Waals surface area contributed by atoms with Crippen LogP contribution in [0, 0.1) is 6.92 Å². The first-order valence-corrected chi connectivity index (χ1v) is 11.3. The van der Waals surface area contributed by atoms with Gasteiger partial charge in [-0.05, 0) is 74.2 Å². The average Bonchev–Trinajstić information content (AvgIpc) is 3.19. The van der Waals surface area contributed by atoms with Crippen LogP contribution < -0.4 is 10.1 Å². The number of carbonyl (C=O) groups excluding carboxylic acids is 1. The van der Waals surface area contributed by atoms with Gasteiger partial charge in [-0.2, -0.15) is 0 Å². The van der Waals surface area contributed by atoms with E-state index in [1.807, 2.05) is 54.3 Å². The summed E-state index contributed by atoms with van der Waals surface area (Å²) in [6.07, 6.45) is 4.66. The number of anilines is 2. The summed E-state index contributed by atoms with van der Waals surface area (Å²) >= 11 is 0. The molecule has 0 bridgehead atoms.